The van der Waals surface area contributed by atoms with Crippen LogP contribution in [0.3, 0.4) is 0 Å². The van der Waals surface area contributed by atoms with Gasteiger partial charge in [-0.3, -0.25) is 0 Å². The van der Waals surface area contributed by atoms with Gasteiger partial charge in [-0.15, -0.1) is 0 Å². The van der Waals surface area contributed by atoms with Crippen molar-refractivity contribution in [3.63, 3.8) is 0 Å². The van der Waals surface area contributed by atoms with E-state index < -0.39 is 0 Å². The third-order valence-corrected chi connectivity index (χ3v) is 5.75. The maximum absolute atomic E-state index is 4.45. The molecule has 2 aromatic carbocycles. The zero-order valence-corrected chi connectivity index (χ0v) is 20.4. The summed E-state index contributed by atoms with van der Waals surface area (Å²) >= 11 is 0. The van der Waals surface area contributed by atoms with E-state index in [1.54, 1.807) is 0 Å². The maximum atomic E-state index is 4.45. The number of hydrogen-bond acceptors (Lipinski definition) is 1. The van der Waals surface area contributed by atoms with Crippen LogP contribution in [0.15, 0.2) is 67.8 Å². The average Bonchev–Trinajstić information content (AvgIpc) is 2.74. The van der Waals surface area contributed by atoms with Gasteiger partial charge in [0.1, 0.15) is 0 Å². The highest BCUT2D eigenvalue weighted by atomic mass is 15.1. The van der Waals surface area contributed by atoms with E-state index in [2.05, 4.69) is 109 Å². The number of anilines is 1. The lowest BCUT2D eigenvalue weighted by molar-refractivity contribution is 0.788. The van der Waals surface area contributed by atoms with E-state index in [1.165, 1.54) is 35.1 Å². The van der Waals surface area contributed by atoms with Crippen LogP contribution in [0, 0.1) is 12.8 Å². The van der Waals surface area contributed by atoms with Crippen LogP contribution in [-0.2, 0) is 6.42 Å². The van der Waals surface area contributed by atoms with Crippen LogP contribution in [0.1, 0.15) is 68.4 Å². The molecule has 31 heavy (non-hydrogen) atoms. The van der Waals surface area contributed by atoms with Gasteiger partial charge >= 0.3 is 0 Å². The molecule has 0 aliphatic heterocycles. The summed E-state index contributed by atoms with van der Waals surface area (Å²) in [5, 5.41) is 0. The Kier molecular flexibility index (Phi) is 8.68. The molecule has 0 aliphatic rings. The van der Waals surface area contributed by atoms with Gasteiger partial charge in [-0.25, -0.2) is 0 Å². The first-order valence-corrected chi connectivity index (χ1v) is 11.4. The summed E-state index contributed by atoms with van der Waals surface area (Å²) in [5.41, 5.74) is 10.7. The molecule has 2 rings (SSSR count). The van der Waals surface area contributed by atoms with Crippen molar-refractivity contribution in [1.82, 2.24) is 0 Å². The molecule has 0 aliphatic carbocycles. The Bertz CT molecular complexity index is 987. The van der Waals surface area contributed by atoms with E-state index in [9.17, 15) is 0 Å². The first-order valence-electron chi connectivity index (χ1n) is 11.4. The van der Waals surface area contributed by atoms with Crippen molar-refractivity contribution in [1.29, 1.82) is 0 Å². The quantitative estimate of drug-likeness (QED) is 0.352. The second-order valence-electron chi connectivity index (χ2n) is 8.85. The van der Waals surface area contributed by atoms with Crippen LogP contribution in [0.2, 0.25) is 0 Å². The number of aryl methyl sites for hydroxylation is 2. The van der Waals surface area contributed by atoms with Crippen molar-refractivity contribution in [3.8, 4) is 0 Å². The summed E-state index contributed by atoms with van der Waals surface area (Å²) in [6, 6.07) is 13.3. The molecule has 0 radical (unpaired) electrons. The molecular weight excluding hydrogens is 374 g/mol. The van der Waals surface area contributed by atoms with Gasteiger partial charge in [0.25, 0.3) is 0 Å². The second kappa shape index (κ2) is 11.0. The fraction of sp³-hybridized carbons (Fsp3) is 0.333. The summed E-state index contributed by atoms with van der Waals surface area (Å²) < 4.78 is 0. The third kappa shape index (κ3) is 6.10. The smallest absolute Gasteiger partial charge is 0.0481 e. The number of rotatable bonds is 10. The molecule has 0 bridgehead atoms. The van der Waals surface area contributed by atoms with Crippen LogP contribution in [0.4, 0.5) is 5.69 Å². The minimum Gasteiger partial charge on any atom is -0.344 e. The van der Waals surface area contributed by atoms with E-state index in [1.807, 2.05) is 6.08 Å². The van der Waals surface area contributed by atoms with Crippen molar-refractivity contribution in [3.05, 3.63) is 95.6 Å². The lowest BCUT2D eigenvalue weighted by Crippen LogP contribution is -2.16. The van der Waals surface area contributed by atoms with E-state index in [-0.39, 0.29) is 0 Å². The molecule has 0 heterocycles. The highest BCUT2D eigenvalue weighted by Gasteiger charge is 2.16. The fourth-order valence-corrected chi connectivity index (χ4v) is 3.91. The van der Waals surface area contributed by atoms with Crippen molar-refractivity contribution in [2.75, 3.05) is 11.9 Å². The summed E-state index contributed by atoms with van der Waals surface area (Å²) in [5.74, 6) is 0.419. The fourth-order valence-electron chi connectivity index (χ4n) is 3.91. The highest BCUT2D eigenvalue weighted by Crippen LogP contribution is 2.33. The minimum atomic E-state index is 0.419. The monoisotopic (exact) mass is 413 g/mol. The molecule has 0 unspecified atom stereocenters. The van der Waals surface area contributed by atoms with E-state index in [0.717, 1.165) is 34.5 Å². The third-order valence-electron chi connectivity index (χ3n) is 5.75. The number of nitrogens with zero attached hydrogens (tertiary/aromatic N) is 1. The first-order chi connectivity index (χ1) is 14.7. The standard InChI is InChI=1S/C30H39N/c1-10-12-13-26-15-16-27(20-29(26)28(22(5)6)18-21(3)4)24(8)31(9)30-17-14-23(7)19-25(30)11-2/h11,14-20,22H,2-3,8,10,12-13H2,1,4-7,9H3/b28-18-. The van der Waals surface area contributed by atoms with Crippen LogP contribution in [0.5, 0.6) is 0 Å². The topological polar surface area (TPSA) is 3.24 Å². The predicted molar refractivity (Wildman–Crippen MR) is 141 cm³/mol. The number of hydrogen-bond donors (Lipinski definition) is 0. The van der Waals surface area contributed by atoms with Gasteiger partial charge < -0.3 is 4.90 Å². The van der Waals surface area contributed by atoms with Crippen LogP contribution in [0.25, 0.3) is 17.3 Å². The number of allylic oxidation sites excluding steroid dienone is 3. The van der Waals surface area contributed by atoms with Gasteiger partial charge in [-0.2, -0.15) is 0 Å². The summed E-state index contributed by atoms with van der Waals surface area (Å²) in [6.07, 6.45) is 7.62. The molecule has 0 fully saturated rings. The average molecular weight is 414 g/mol. The van der Waals surface area contributed by atoms with Gasteiger partial charge in [-0.1, -0.05) is 88.4 Å². The summed E-state index contributed by atoms with van der Waals surface area (Å²) in [4.78, 5) is 2.17. The normalized spacial score (nSPS) is 11.5. The summed E-state index contributed by atoms with van der Waals surface area (Å²) in [6.45, 7) is 23.5. The Morgan fingerprint density at radius 1 is 1.10 bits per heavy atom. The zero-order chi connectivity index (χ0) is 23.1. The molecule has 1 heteroatoms. The first kappa shape index (κ1) is 24.5. The number of unbranched alkanes of at least 4 members (excludes halogenated alkanes) is 1. The van der Waals surface area contributed by atoms with Gasteiger partial charge in [0.15, 0.2) is 0 Å². The Balaban J connectivity index is 2.55. The maximum Gasteiger partial charge on any atom is 0.0481 e. The molecule has 0 atom stereocenters. The minimum absolute atomic E-state index is 0.419. The van der Waals surface area contributed by atoms with Gasteiger partial charge in [-0.05, 0) is 78.6 Å². The molecule has 0 aromatic heterocycles. The molecule has 0 amide bonds. The van der Waals surface area contributed by atoms with Crippen molar-refractivity contribution < 1.29 is 0 Å². The van der Waals surface area contributed by atoms with E-state index in [4.69, 9.17) is 0 Å². The molecule has 1 nitrogen and oxygen atoms in total. The van der Waals surface area contributed by atoms with Crippen LogP contribution in [-0.4, -0.2) is 7.05 Å². The van der Waals surface area contributed by atoms with Crippen molar-refractivity contribution in [2.24, 2.45) is 5.92 Å². The SMILES string of the molecule is C=Cc1cc(C)ccc1N(C)C(=C)c1ccc(CCCC)c(/C(=C\C(=C)C)C(C)C)c1. The Morgan fingerprint density at radius 2 is 1.81 bits per heavy atom. The molecule has 0 N–H and O–H groups in total. The van der Waals surface area contributed by atoms with E-state index in [0.29, 0.717) is 5.92 Å². The molecule has 2 aromatic rings. The molecule has 0 saturated heterocycles. The summed E-state index contributed by atoms with van der Waals surface area (Å²) in [7, 11) is 2.08. The largest absolute Gasteiger partial charge is 0.344 e. The Hall–Kier alpha value is -2.80. The van der Waals surface area contributed by atoms with Gasteiger partial charge in [0.05, 0.1) is 0 Å². The Labute approximate surface area is 190 Å². The zero-order valence-electron chi connectivity index (χ0n) is 20.4. The lowest BCUT2D eigenvalue weighted by Gasteiger charge is -2.26. The molecule has 0 spiro atoms. The molecule has 164 valence electrons. The lowest BCUT2D eigenvalue weighted by atomic mass is 9.87. The van der Waals surface area contributed by atoms with Crippen LogP contribution >= 0.6 is 0 Å². The second-order valence-corrected chi connectivity index (χ2v) is 8.85. The van der Waals surface area contributed by atoms with E-state index >= 15 is 0 Å². The van der Waals surface area contributed by atoms with Gasteiger partial charge in [0.2, 0.25) is 0 Å². The highest BCUT2D eigenvalue weighted by molar-refractivity contribution is 5.84. The Morgan fingerprint density at radius 3 is 2.39 bits per heavy atom. The molecule has 0 saturated carbocycles. The van der Waals surface area contributed by atoms with Gasteiger partial charge in [0, 0.05) is 18.4 Å². The molecular formula is C30H39N. The predicted octanol–water partition coefficient (Wildman–Crippen LogP) is 8.70. The number of benzene rings is 2. The van der Waals surface area contributed by atoms with Crippen LogP contribution < -0.4 is 4.90 Å². The van der Waals surface area contributed by atoms with Crippen molar-refractivity contribution in [2.45, 2.75) is 53.9 Å². The van der Waals surface area contributed by atoms with Crippen molar-refractivity contribution >= 4 is 23.0 Å².